The monoisotopic (exact) mass is 508 g/mol. The van der Waals surface area contributed by atoms with E-state index in [4.69, 9.17) is 16.3 Å². The molecule has 1 aromatic carbocycles. The maximum atomic E-state index is 14.9. The number of carbonyl (C=O) groups excluding carboxylic acids is 3. The quantitative estimate of drug-likeness (QED) is 0.571. The van der Waals surface area contributed by atoms with Crippen molar-refractivity contribution >= 4 is 52.0 Å². The first-order chi connectivity index (χ1) is 16.3. The molecule has 0 radical (unpaired) electrons. The van der Waals surface area contributed by atoms with Gasteiger partial charge in [-0.05, 0) is 50.2 Å². The van der Waals surface area contributed by atoms with Crippen LogP contribution in [0.1, 0.15) is 28.9 Å². The van der Waals surface area contributed by atoms with Crippen LogP contribution in [0, 0.1) is 5.82 Å². The third kappa shape index (κ3) is 5.57. The molecule has 2 heterocycles. The number of thiophene rings is 1. The summed E-state index contributed by atoms with van der Waals surface area (Å²) in [5, 5.41) is 5.44. The molecule has 2 N–H and O–H groups in total. The molecule has 1 atom stereocenters. The first-order valence-corrected chi connectivity index (χ1v) is 12.3. The van der Waals surface area contributed by atoms with Gasteiger partial charge in [0.2, 0.25) is 5.91 Å². The molecule has 2 aromatic rings. The van der Waals surface area contributed by atoms with Crippen molar-refractivity contribution in [1.82, 2.24) is 10.2 Å². The second kappa shape index (κ2) is 10.8. The molecule has 2 aliphatic rings. The SMILES string of the molecule is CN(C1CCC1)[C@H](CNC(=O)c1ccc(Cl)s1)C(=O)Nc1ccc(N2CCOCC2=O)cc1F. The third-order valence-electron chi connectivity index (χ3n) is 6.21. The molecule has 0 bridgehead atoms. The van der Waals surface area contributed by atoms with Gasteiger partial charge in [-0.2, -0.15) is 0 Å². The molecule has 1 saturated heterocycles. The summed E-state index contributed by atoms with van der Waals surface area (Å²) in [6, 6.07) is 7.07. The zero-order valence-corrected chi connectivity index (χ0v) is 20.3. The highest BCUT2D eigenvalue weighted by Gasteiger charge is 2.33. The van der Waals surface area contributed by atoms with Crippen molar-refractivity contribution in [2.24, 2.45) is 0 Å². The molecule has 1 aliphatic heterocycles. The average Bonchev–Trinajstić information content (AvgIpc) is 3.21. The molecule has 4 rings (SSSR count). The Hall–Kier alpha value is -2.53. The number of halogens is 2. The fourth-order valence-corrected chi connectivity index (χ4v) is 4.92. The molecular weight excluding hydrogens is 483 g/mol. The Morgan fingerprint density at radius 2 is 2.12 bits per heavy atom. The summed E-state index contributed by atoms with van der Waals surface area (Å²) in [7, 11) is 1.84. The van der Waals surface area contributed by atoms with Crippen molar-refractivity contribution in [3.8, 4) is 0 Å². The minimum atomic E-state index is -0.690. The average molecular weight is 509 g/mol. The molecule has 1 aliphatic carbocycles. The number of benzene rings is 1. The maximum absolute atomic E-state index is 14.9. The van der Waals surface area contributed by atoms with Gasteiger partial charge >= 0.3 is 0 Å². The van der Waals surface area contributed by atoms with Gasteiger partial charge in [0, 0.05) is 24.8 Å². The van der Waals surface area contributed by atoms with E-state index in [9.17, 15) is 18.8 Å². The lowest BCUT2D eigenvalue weighted by atomic mass is 9.90. The van der Waals surface area contributed by atoms with Crippen LogP contribution in [0.5, 0.6) is 0 Å². The smallest absolute Gasteiger partial charge is 0.261 e. The van der Waals surface area contributed by atoms with Crippen molar-refractivity contribution in [2.75, 3.05) is 43.6 Å². The van der Waals surface area contributed by atoms with Gasteiger partial charge in [-0.15, -0.1) is 11.3 Å². The number of ether oxygens (including phenoxy) is 1. The molecule has 34 heavy (non-hydrogen) atoms. The van der Waals surface area contributed by atoms with Crippen LogP contribution in [0.4, 0.5) is 15.8 Å². The van der Waals surface area contributed by atoms with E-state index in [1.54, 1.807) is 18.2 Å². The van der Waals surface area contributed by atoms with Gasteiger partial charge in [0.1, 0.15) is 18.5 Å². The lowest BCUT2D eigenvalue weighted by Gasteiger charge is -2.39. The number of morpholine rings is 1. The lowest BCUT2D eigenvalue weighted by Crippen LogP contribution is -2.54. The summed E-state index contributed by atoms with van der Waals surface area (Å²) in [6.45, 7) is 0.742. The summed E-state index contributed by atoms with van der Waals surface area (Å²) in [4.78, 5) is 41.5. The molecule has 11 heteroatoms. The summed E-state index contributed by atoms with van der Waals surface area (Å²) in [6.07, 6.45) is 3.01. The van der Waals surface area contributed by atoms with E-state index < -0.39 is 17.8 Å². The van der Waals surface area contributed by atoms with Gasteiger partial charge in [0.25, 0.3) is 11.8 Å². The Bertz CT molecular complexity index is 1080. The van der Waals surface area contributed by atoms with Gasteiger partial charge < -0.3 is 20.3 Å². The maximum Gasteiger partial charge on any atom is 0.261 e. The van der Waals surface area contributed by atoms with Crippen LogP contribution in [0.3, 0.4) is 0 Å². The van der Waals surface area contributed by atoms with Crippen LogP contribution in [-0.4, -0.2) is 68.1 Å². The molecule has 3 amide bonds. The number of likely N-dealkylation sites (N-methyl/N-ethyl adjacent to an activating group) is 1. The van der Waals surface area contributed by atoms with E-state index in [0.717, 1.165) is 30.6 Å². The van der Waals surface area contributed by atoms with Gasteiger partial charge in [-0.3, -0.25) is 19.3 Å². The first-order valence-electron chi connectivity index (χ1n) is 11.1. The van der Waals surface area contributed by atoms with Crippen LogP contribution < -0.4 is 15.5 Å². The number of anilines is 2. The van der Waals surface area contributed by atoms with Crippen molar-refractivity contribution in [1.29, 1.82) is 0 Å². The summed E-state index contributed by atoms with van der Waals surface area (Å²) >= 11 is 7.07. The zero-order chi connectivity index (χ0) is 24.2. The molecular formula is C23H26ClFN4O4S. The fourth-order valence-electron chi connectivity index (χ4n) is 3.96. The molecule has 1 aromatic heterocycles. The van der Waals surface area contributed by atoms with Crippen LogP contribution >= 0.6 is 22.9 Å². The Morgan fingerprint density at radius 3 is 2.74 bits per heavy atom. The van der Waals surface area contributed by atoms with Crippen molar-refractivity contribution < 1.29 is 23.5 Å². The lowest BCUT2D eigenvalue weighted by molar-refractivity contribution is -0.125. The standard InChI is InChI=1S/C23H26ClFN4O4S/c1-28(14-3-2-4-14)18(12-26-23(32)19-7-8-20(24)34-19)22(31)27-17-6-5-15(11-16(17)25)29-9-10-33-13-21(29)30/h5-8,11,14,18H,2-4,9-10,12-13H2,1H3,(H,26,32)(H,27,31)/t18-/m1/s1. The largest absolute Gasteiger partial charge is 0.370 e. The highest BCUT2D eigenvalue weighted by atomic mass is 35.5. The highest BCUT2D eigenvalue weighted by molar-refractivity contribution is 7.18. The van der Waals surface area contributed by atoms with E-state index in [1.807, 2.05) is 11.9 Å². The predicted octanol–water partition coefficient (Wildman–Crippen LogP) is 3.13. The number of nitrogens with zero attached hydrogens (tertiary/aromatic N) is 2. The van der Waals surface area contributed by atoms with Gasteiger partial charge in [0.05, 0.1) is 21.5 Å². The molecule has 1 saturated carbocycles. The van der Waals surface area contributed by atoms with Gasteiger partial charge in [-0.1, -0.05) is 18.0 Å². The number of rotatable bonds is 8. The Morgan fingerprint density at radius 1 is 1.32 bits per heavy atom. The Labute approximate surface area is 206 Å². The van der Waals surface area contributed by atoms with Crippen molar-refractivity contribution in [2.45, 2.75) is 31.3 Å². The summed E-state index contributed by atoms with van der Waals surface area (Å²) in [5.74, 6) is -1.63. The van der Waals surface area contributed by atoms with Crippen molar-refractivity contribution in [3.05, 3.63) is 45.4 Å². The normalized spacial score (nSPS) is 17.4. The number of nitrogens with one attached hydrogen (secondary N) is 2. The topological polar surface area (TPSA) is 91.0 Å². The van der Waals surface area contributed by atoms with Crippen LogP contribution in [-0.2, 0) is 14.3 Å². The number of amides is 3. The second-order valence-corrected chi connectivity index (χ2v) is 10.0. The van der Waals surface area contributed by atoms with Crippen LogP contribution in [0.2, 0.25) is 4.34 Å². The van der Waals surface area contributed by atoms with E-state index in [2.05, 4.69) is 10.6 Å². The number of carbonyl (C=O) groups is 3. The van der Waals surface area contributed by atoms with Crippen LogP contribution in [0.25, 0.3) is 0 Å². The molecule has 182 valence electrons. The molecule has 2 fully saturated rings. The van der Waals surface area contributed by atoms with Gasteiger partial charge in [0.15, 0.2) is 0 Å². The summed E-state index contributed by atoms with van der Waals surface area (Å²) < 4.78 is 20.5. The first kappa shape index (κ1) is 24.6. The molecule has 8 nitrogen and oxygen atoms in total. The zero-order valence-electron chi connectivity index (χ0n) is 18.7. The van der Waals surface area contributed by atoms with E-state index in [-0.39, 0.29) is 36.7 Å². The second-order valence-electron chi connectivity index (χ2n) is 8.33. The Kier molecular flexibility index (Phi) is 7.82. The number of hydrogen-bond acceptors (Lipinski definition) is 6. The molecule has 0 spiro atoms. The minimum absolute atomic E-state index is 0.0119. The van der Waals surface area contributed by atoms with E-state index in [0.29, 0.717) is 28.1 Å². The minimum Gasteiger partial charge on any atom is -0.370 e. The van der Waals surface area contributed by atoms with E-state index >= 15 is 0 Å². The highest BCUT2D eigenvalue weighted by Crippen LogP contribution is 2.27. The summed E-state index contributed by atoms with van der Waals surface area (Å²) in [5.41, 5.74) is 0.423. The Balaban J connectivity index is 1.45. The predicted molar refractivity (Wildman–Crippen MR) is 129 cm³/mol. The van der Waals surface area contributed by atoms with Crippen molar-refractivity contribution in [3.63, 3.8) is 0 Å². The fraction of sp³-hybridized carbons (Fsp3) is 0.435. The molecule has 0 unspecified atom stereocenters. The van der Waals surface area contributed by atoms with Crippen LogP contribution in [0.15, 0.2) is 30.3 Å². The number of hydrogen-bond donors (Lipinski definition) is 2. The van der Waals surface area contributed by atoms with Gasteiger partial charge in [-0.25, -0.2) is 4.39 Å². The van der Waals surface area contributed by atoms with E-state index in [1.165, 1.54) is 17.0 Å². The third-order valence-corrected chi connectivity index (χ3v) is 7.44.